The maximum atomic E-state index is 12.0. The van der Waals surface area contributed by atoms with Gasteiger partial charge in [0, 0.05) is 18.5 Å². The first-order valence-electron chi connectivity index (χ1n) is 8.37. The van der Waals surface area contributed by atoms with Crippen LogP contribution in [0.3, 0.4) is 0 Å². The predicted octanol–water partition coefficient (Wildman–Crippen LogP) is 2.79. The Hall–Kier alpha value is -3.02. The van der Waals surface area contributed by atoms with Crippen LogP contribution in [0.2, 0.25) is 0 Å². The van der Waals surface area contributed by atoms with Crippen LogP contribution in [0.15, 0.2) is 42.5 Å². The van der Waals surface area contributed by atoms with Crippen LogP contribution in [-0.4, -0.2) is 29.2 Å². The molecule has 1 amide bonds. The van der Waals surface area contributed by atoms with E-state index in [1.807, 2.05) is 26.0 Å². The summed E-state index contributed by atoms with van der Waals surface area (Å²) in [5, 5.41) is 11.6. The van der Waals surface area contributed by atoms with Crippen LogP contribution in [0.5, 0.6) is 11.5 Å². The lowest BCUT2D eigenvalue weighted by Crippen LogP contribution is -2.28. The molecular formula is C20H21NO5. The molecule has 0 aliphatic carbocycles. The highest BCUT2D eigenvalue weighted by atomic mass is 16.5. The quantitative estimate of drug-likeness (QED) is 0.832. The first kappa shape index (κ1) is 17.8. The summed E-state index contributed by atoms with van der Waals surface area (Å²) in [4.78, 5) is 22.8. The molecule has 2 aromatic rings. The summed E-state index contributed by atoms with van der Waals surface area (Å²) in [6, 6.07) is 12.0. The highest BCUT2D eigenvalue weighted by molar-refractivity contribution is 5.87. The van der Waals surface area contributed by atoms with Gasteiger partial charge in [0.25, 0.3) is 5.91 Å². The highest BCUT2D eigenvalue weighted by Crippen LogP contribution is 2.41. The fourth-order valence-corrected chi connectivity index (χ4v) is 2.86. The van der Waals surface area contributed by atoms with Gasteiger partial charge in [-0.05, 0) is 37.6 Å². The molecule has 0 aromatic heterocycles. The van der Waals surface area contributed by atoms with Crippen LogP contribution in [0.4, 0.5) is 0 Å². The number of benzene rings is 2. The molecule has 0 atom stereocenters. The molecule has 26 heavy (non-hydrogen) atoms. The Bertz CT molecular complexity index is 827. The van der Waals surface area contributed by atoms with Crippen LogP contribution in [0, 0.1) is 0 Å². The van der Waals surface area contributed by atoms with Crippen molar-refractivity contribution in [2.45, 2.75) is 32.4 Å². The average molecular weight is 355 g/mol. The summed E-state index contributed by atoms with van der Waals surface area (Å²) in [5.41, 5.74) is 1.83. The van der Waals surface area contributed by atoms with Gasteiger partial charge in [-0.25, -0.2) is 4.79 Å². The van der Waals surface area contributed by atoms with Gasteiger partial charge in [-0.3, -0.25) is 4.79 Å². The van der Waals surface area contributed by atoms with Gasteiger partial charge in [0.2, 0.25) is 0 Å². The van der Waals surface area contributed by atoms with E-state index < -0.39 is 5.97 Å². The van der Waals surface area contributed by atoms with Crippen molar-refractivity contribution in [1.82, 2.24) is 5.32 Å². The number of aromatic carboxylic acids is 1. The third kappa shape index (κ3) is 4.14. The number of carbonyl (C=O) groups is 2. The van der Waals surface area contributed by atoms with Crippen molar-refractivity contribution in [3.8, 4) is 11.5 Å². The number of carboxylic acid groups (broad SMARTS) is 1. The van der Waals surface area contributed by atoms with Crippen molar-refractivity contribution in [1.29, 1.82) is 0 Å². The van der Waals surface area contributed by atoms with E-state index in [1.165, 1.54) is 12.1 Å². The normalized spacial score (nSPS) is 14.2. The van der Waals surface area contributed by atoms with E-state index in [0.717, 1.165) is 17.5 Å². The van der Waals surface area contributed by atoms with Gasteiger partial charge >= 0.3 is 5.97 Å². The number of para-hydroxylation sites is 1. The zero-order chi connectivity index (χ0) is 18.7. The monoisotopic (exact) mass is 355 g/mol. The summed E-state index contributed by atoms with van der Waals surface area (Å²) in [6.45, 7) is 4.21. The molecule has 1 heterocycles. The van der Waals surface area contributed by atoms with Crippen molar-refractivity contribution in [3.63, 3.8) is 0 Å². The van der Waals surface area contributed by atoms with Crippen molar-refractivity contribution in [2.24, 2.45) is 0 Å². The predicted molar refractivity (Wildman–Crippen MR) is 95.6 cm³/mol. The molecule has 2 N–H and O–H groups in total. The number of fused-ring (bicyclic) bond motifs is 1. The number of amides is 1. The third-order valence-corrected chi connectivity index (χ3v) is 4.10. The Morgan fingerprint density at radius 3 is 2.62 bits per heavy atom. The first-order valence-corrected chi connectivity index (χ1v) is 8.37. The summed E-state index contributed by atoms with van der Waals surface area (Å²) >= 11 is 0. The van der Waals surface area contributed by atoms with Gasteiger partial charge < -0.3 is 19.9 Å². The Morgan fingerprint density at radius 2 is 1.92 bits per heavy atom. The number of rotatable bonds is 6. The highest BCUT2D eigenvalue weighted by Gasteiger charge is 2.32. The fraction of sp³-hybridized carbons (Fsp3) is 0.300. The van der Waals surface area contributed by atoms with Crippen LogP contribution < -0.4 is 14.8 Å². The second kappa shape index (κ2) is 7.07. The molecule has 6 nitrogen and oxygen atoms in total. The van der Waals surface area contributed by atoms with Gasteiger partial charge in [-0.15, -0.1) is 0 Å². The molecule has 2 aromatic carbocycles. The van der Waals surface area contributed by atoms with E-state index in [-0.39, 0.29) is 23.7 Å². The maximum Gasteiger partial charge on any atom is 0.335 e. The Balaban J connectivity index is 1.52. The molecule has 0 fully saturated rings. The zero-order valence-corrected chi connectivity index (χ0v) is 14.7. The van der Waals surface area contributed by atoms with Gasteiger partial charge in [-0.2, -0.15) is 0 Å². The molecule has 6 heteroatoms. The van der Waals surface area contributed by atoms with Crippen molar-refractivity contribution in [3.05, 3.63) is 59.2 Å². The average Bonchev–Trinajstić information content (AvgIpc) is 2.92. The molecular weight excluding hydrogens is 334 g/mol. The molecule has 0 bridgehead atoms. The molecule has 136 valence electrons. The SMILES string of the molecule is CC1(C)Cc2cccc(OCC(=O)NCc3ccc(C(=O)O)cc3)c2O1. The lowest BCUT2D eigenvalue weighted by Gasteiger charge is -2.18. The number of carbonyl (C=O) groups excluding carboxylic acids is 1. The van der Waals surface area contributed by atoms with Gasteiger partial charge in [0.05, 0.1) is 5.56 Å². The molecule has 0 radical (unpaired) electrons. The number of nitrogens with one attached hydrogen (secondary N) is 1. The lowest BCUT2D eigenvalue weighted by atomic mass is 10.0. The second-order valence-corrected chi connectivity index (χ2v) is 6.85. The molecule has 1 aliphatic rings. The van der Waals surface area contributed by atoms with Crippen LogP contribution >= 0.6 is 0 Å². The summed E-state index contributed by atoms with van der Waals surface area (Å²) in [7, 11) is 0. The molecule has 1 aliphatic heterocycles. The van der Waals surface area contributed by atoms with E-state index in [0.29, 0.717) is 18.0 Å². The van der Waals surface area contributed by atoms with E-state index in [4.69, 9.17) is 14.6 Å². The van der Waals surface area contributed by atoms with Crippen molar-refractivity contribution in [2.75, 3.05) is 6.61 Å². The molecule has 0 unspecified atom stereocenters. The largest absolute Gasteiger partial charge is 0.483 e. The summed E-state index contributed by atoms with van der Waals surface area (Å²) < 4.78 is 11.5. The van der Waals surface area contributed by atoms with E-state index in [2.05, 4.69) is 5.32 Å². The van der Waals surface area contributed by atoms with E-state index >= 15 is 0 Å². The molecule has 0 spiro atoms. The van der Waals surface area contributed by atoms with E-state index in [9.17, 15) is 9.59 Å². The van der Waals surface area contributed by atoms with Crippen molar-refractivity contribution < 1.29 is 24.2 Å². The summed E-state index contributed by atoms with van der Waals surface area (Å²) in [6.07, 6.45) is 0.804. The number of hydrogen-bond acceptors (Lipinski definition) is 4. The minimum atomic E-state index is -0.977. The third-order valence-electron chi connectivity index (χ3n) is 4.10. The maximum absolute atomic E-state index is 12.0. The first-order chi connectivity index (χ1) is 12.3. The molecule has 0 saturated heterocycles. The topological polar surface area (TPSA) is 84.9 Å². The standard InChI is InChI=1S/C20H21NO5/c1-20(2)10-15-4-3-5-16(18(15)26-20)25-12-17(22)21-11-13-6-8-14(9-7-13)19(23)24/h3-9H,10-12H2,1-2H3,(H,21,22)(H,23,24). The molecule has 0 saturated carbocycles. The second-order valence-electron chi connectivity index (χ2n) is 6.85. The van der Waals surface area contributed by atoms with Crippen molar-refractivity contribution >= 4 is 11.9 Å². The number of hydrogen-bond donors (Lipinski definition) is 2. The Labute approximate surface area is 151 Å². The van der Waals surface area contributed by atoms with Crippen LogP contribution in [-0.2, 0) is 17.8 Å². The van der Waals surface area contributed by atoms with Crippen LogP contribution in [0.25, 0.3) is 0 Å². The Kier molecular flexibility index (Phi) is 4.84. The van der Waals surface area contributed by atoms with E-state index in [1.54, 1.807) is 18.2 Å². The number of carboxylic acids is 1. The van der Waals surface area contributed by atoms with Gasteiger partial charge in [-0.1, -0.05) is 24.3 Å². The van der Waals surface area contributed by atoms with Crippen LogP contribution in [0.1, 0.15) is 35.3 Å². The fourth-order valence-electron chi connectivity index (χ4n) is 2.86. The minimum Gasteiger partial charge on any atom is -0.483 e. The molecule has 3 rings (SSSR count). The summed E-state index contributed by atoms with van der Waals surface area (Å²) in [5.74, 6) is 0.0283. The lowest BCUT2D eigenvalue weighted by molar-refractivity contribution is -0.123. The van der Waals surface area contributed by atoms with Gasteiger partial charge in [0.15, 0.2) is 18.1 Å². The smallest absolute Gasteiger partial charge is 0.335 e. The zero-order valence-electron chi connectivity index (χ0n) is 14.7. The number of ether oxygens (including phenoxy) is 2. The minimum absolute atomic E-state index is 0.118. The van der Waals surface area contributed by atoms with Gasteiger partial charge in [0.1, 0.15) is 5.60 Å². The Morgan fingerprint density at radius 1 is 1.19 bits per heavy atom.